The number of benzene rings is 2. The summed E-state index contributed by atoms with van der Waals surface area (Å²) in [5.74, 6) is -0.555. The third-order valence-corrected chi connectivity index (χ3v) is 8.58. The first-order valence-corrected chi connectivity index (χ1v) is 12.7. The number of nitrogens with zero attached hydrogens (tertiary/aromatic N) is 1. The van der Waals surface area contributed by atoms with Gasteiger partial charge >= 0.3 is 0 Å². The smallest absolute Gasteiger partial charge is 0.223 e. The van der Waals surface area contributed by atoms with Crippen LogP contribution >= 0.6 is 0 Å². The first-order chi connectivity index (χ1) is 15.3. The molecule has 2 aliphatic rings. The Morgan fingerprint density at radius 3 is 2.41 bits per heavy atom. The number of rotatable bonds is 6. The standard InChI is InChI=1S/C24H30FN3O3S/c1-17-22(19-7-9-21(25)10-8-19)32(30,31)27-23(17)28-15-12-20(13-16-28)24(29)26-14-11-18-5-3-2-4-6-18/h2-10,17,20,22-23,27H,11-16H2,1H3,(H,26,29). The average Bonchev–Trinajstić information content (AvgIpc) is 3.04. The van der Waals surface area contributed by atoms with Crippen molar-refractivity contribution in [1.29, 1.82) is 0 Å². The van der Waals surface area contributed by atoms with Gasteiger partial charge in [-0.1, -0.05) is 49.4 Å². The molecule has 0 spiro atoms. The van der Waals surface area contributed by atoms with Crippen LogP contribution in [0.25, 0.3) is 0 Å². The lowest BCUT2D eigenvalue weighted by molar-refractivity contribution is -0.126. The molecule has 2 heterocycles. The van der Waals surface area contributed by atoms with E-state index in [-0.39, 0.29) is 29.7 Å². The van der Waals surface area contributed by atoms with E-state index in [1.807, 2.05) is 37.3 Å². The van der Waals surface area contributed by atoms with E-state index in [4.69, 9.17) is 0 Å². The summed E-state index contributed by atoms with van der Waals surface area (Å²) in [6.07, 6.45) is 1.88. The van der Waals surface area contributed by atoms with Gasteiger partial charge in [0, 0.05) is 31.5 Å². The van der Waals surface area contributed by atoms with Crippen molar-refractivity contribution in [3.63, 3.8) is 0 Å². The van der Waals surface area contributed by atoms with E-state index >= 15 is 0 Å². The first kappa shape index (κ1) is 22.9. The second kappa shape index (κ2) is 9.68. The third-order valence-electron chi connectivity index (χ3n) is 6.64. The van der Waals surface area contributed by atoms with Crippen LogP contribution in [0.2, 0.25) is 0 Å². The second-order valence-electron chi connectivity index (χ2n) is 8.78. The van der Waals surface area contributed by atoms with Gasteiger partial charge in [-0.05, 0) is 42.5 Å². The Kier molecular flexibility index (Phi) is 6.93. The molecule has 2 aromatic carbocycles. The number of carbonyl (C=O) groups is 1. The number of amides is 1. The highest BCUT2D eigenvalue weighted by molar-refractivity contribution is 7.90. The third kappa shape index (κ3) is 5.03. The van der Waals surface area contributed by atoms with Crippen LogP contribution in [0.3, 0.4) is 0 Å². The number of carbonyl (C=O) groups excluding carboxylic acids is 1. The fourth-order valence-electron chi connectivity index (χ4n) is 4.90. The van der Waals surface area contributed by atoms with E-state index in [0.717, 1.165) is 6.42 Å². The normalized spacial score (nSPS) is 26.1. The topological polar surface area (TPSA) is 78.5 Å². The molecule has 2 saturated heterocycles. The van der Waals surface area contributed by atoms with Crippen LogP contribution in [-0.4, -0.2) is 45.0 Å². The van der Waals surface area contributed by atoms with Crippen molar-refractivity contribution in [3.05, 3.63) is 71.5 Å². The van der Waals surface area contributed by atoms with Gasteiger partial charge in [0.15, 0.2) is 0 Å². The molecule has 2 aromatic rings. The molecule has 8 heteroatoms. The number of halogens is 1. The van der Waals surface area contributed by atoms with Crippen LogP contribution < -0.4 is 10.0 Å². The summed E-state index contributed by atoms with van der Waals surface area (Å²) < 4.78 is 41.7. The van der Waals surface area contributed by atoms with Crippen LogP contribution in [-0.2, 0) is 21.2 Å². The van der Waals surface area contributed by atoms with Crippen molar-refractivity contribution in [2.75, 3.05) is 19.6 Å². The Bertz CT molecular complexity index is 1020. The van der Waals surface area contributed by atoms with Crippen molar-refractivity contribution in [3.8, 4) is 0 Å². The minimum atomic E-state index is -3.56. The molecule has 0 aromatic heterocycles. The fourth-order valence-corrected chi connectivity index (χ4v) is 6.97. The fraction of sp³-hybridized carbons (Fsp3) is 0.458. The summed E-state index contributed by atoms with van der Waals surface area (Å²) >= 11 is 0. The molecular formula is C24H30FN3O3S. The van der Waals surface area contributed by atoms with Crippen molar-refractivity contribution < 1.29 is 17.6 Å². The Morgan fingerprint density at radius 1 is 1.09 bits per heavy atom. The summed E-state index contributed by atoms with van der Waals surface area (Å²) in [6.45, 7) is 3.84. The molecule has 2 aliphatic heterocycles. The van der Waals surface area contributed by atoms with Crippen molar-refractivity contribution in [2.45, 2.75) is 37.6 Å². The Morgan fingerprint density at radius 2 is 1.75 bits per heavy atom. The van der Waals surface area contributed by atoms with E-state index < -0.39 is 15.3 Å². The Labute approximate surface area is 189 Å². The molecule has 0 radical (unpaired) electrons. The SMILES string of the molecule is CC1C(N2CCC(C(=O)NCCc3ccccc3)CC2)NS(=O)(=O)C1c1ccc(F)cc1. The summed E-state index contributed by atoms with van der Waals surface area (Å²) in [5.41, 5.74) is 1.79. The van der Waals surface area contributed by atoms with E-state index in [9.17, 15) is 17.6 Å². The predicted octanol–water partition coefficient (Wildman–Crippen LogP) is 2.83. The zero-order chi connectivity index (χ0) is 22.7. The maximum atomic E-state index is 13.3. The second-order valence-corrected chi connectivity index (χ2v) is 10.6. The van der Waals surface area contributed by atoms with Crippen molar-refractivity contribution in [1.82, 2.24) is 14.9 Å². The zero-order valence-electron chi connectivity index (χ0n) is 18.2. The number of hydrogen-bond acceptors (Lipinski definition) is 4. The van der Waals surface area contributed by atoms with Gasteiger partial charge in [0.05, 0.1) is 6.17 Å². The van der Waals surface area contributed by atoms with Crippen molar-refractivity contribution in [2.24, 2.45) is 11.8 Å². The molecule has 4 rings (SSSR count). The van der Waals surface area contributed by atoms with E-state index in [2.05, 4.69) is 14.9 Å². The van der Waals surface area contributed by atoms with Gasteiger partial charge in [-0.15, -0.1) is 0 Å². The lowest BCUT2D eigenvalue weighted by Crippen LogP contribution is -2.50. The van der Waals surface area contributed by atoms with Gasteiger partial charge < -0.3 is 5.32 Å². The molecule has 32 heavy (non-hydrogen) atoms. The average molecular weight is 460 g/mol. The molecular weight excluding hydrogens is 429 g/mol. The zero-order valence-corrected chi connectivity index (χ0v) is 19.0. The molecule has 3 unspecified atom stereocenters. The molecule has 0 bridgehead atoms. The van der Waals surface area contributed by atoms with Gasteiger partial charge in [-0.2, -0.15) is 4.72 Å². The van der Waals surface area contributed by atoms with E-state index in [0.29, 0.717) is 38.0 Å². The van der Waals surface area contributed by atoms with Gasteiger partial charge in [0.2, 0.25) is 15.9 Å². The predicted molar refractivity (Wildman–Crippen MR) is 122 cm³/mol. The largest absolute Gasteiger partial charge is 0.356 e. The molecule has 3 atom stereocenters. The number of hydrogen-bond donors (Lipinski definition) is 2. The van der Waals surface area contributed by atoms with Crippen LogP contribution in [0.4, 0.5) is 4.39 Å². The van der Waals surface area contributed by atoms with Gasteiger partial charge in [0.1, 0.15) is 11.1 Å². The van der Waals surface area contributed by atoms with E-state index in [1.54, 1.807) is 12.1 Å². The minimum Gasteiger partial charge on any atom is -0.356 e. The molecule has 1 amide bonds. The number of nitrogens with one attached hydrogen (secondary N) is 2. The Balaban J connectivity index is 1.31. The molecule has 172 valence electrons. The monoisotopic (exact) mass is 459 g/mol. The summed E-state index contributed by atoms with van der Waals surface area (Å²) in [4.78, 5) is 14.7. The van der Waals surface area contributed by atoms with Gasteiger partial charge in [-0.3, -0.25) is 9.69 Å². The number of piperidine rings is 1. The first-order valence-electron chi connectivity index (χ1n) is 11.2. The highest BCUT2D eigenvalue weighted by Crippen LogP contribution is 2.39. The van der Waals surface area contributed by atoms with E-state index in [1.165, 1.54) is 17.7 Å². The van der Waals surface area contributed by atoms with Gasteiger partial charge in [0.25, 0.3) is 0 Å². The quantitative estimate of drug-likeness (QED) is 0.696. The molecule has 2 fully saturated rings. The maximum Gasteiger partial charge on any atom is 0.223 e. The van der Waals surface area contributed by atoms with Crippen LogP contribution in [0.15, 0.2) is 54.6 Å². The van der Waals surface area contributed by atoms with Crippen LogP contribution in [0.1, 0.15) is 36.1 Å². The maximum absolute atomic E-state index is 13.3. The highest BCUT2D eigenvalue weighted by atomic mass is 32.2. The number of sulfonamides is 1. The van der Waals surface area contributed by atoms with Gasteiger partial charge in [-0.25, -0.2) is 12.8 Å². The Hall–Kier alpha value is -2.29. The molecule has 2 N–H and O–H groups in total. The highest BCUT2D eigenvalue weighted by Gasteiger charge is 2.48. The summed E-state index contributed by atoms with van der Waals surface area (Å²) in [6, 6.07) is 15.7. The van der Waals surface area contributed by atoms with Crippen LogP contribution in [0.5, 0.6) is 0 Å². The number of likely N-dealkylation sites (tertiary alicyclic amines) is 1. The van der Waals surface area contributed by atoms with Crippen LogP contribution in [0, 0.1) is 17.7 Å². The molecule has 6 nitrogen and oxygen atoms in total. The lowest BCUT2D eigenvalue weighted by Gasteiger charge is -2.36. The molecule has 0 aliphatic carbocycles. The molecule has 0 saturated carbocycles. The summed E-state index contributed by atoms with van der Waals surface area (Å²) in [7, 11) is -3.56. The minimum absolute atomic E-state index is 0.0526. The lowest BCUT2D eigenvalue weighted by atomic mass is 9.92. The van der Waals surface area contributed by atoms with Crippen molar-refractivity contribution >= 4 is 15.9 Å². The summed E-state index contributed by atoms with van der Waals surface area (Å²) in [5, 5.41) is 2.32.